The fraction of sp³-hybridized carbons (Fsp3) is 0.429. The lowest BCUT2D eigenvalue weighted by Gasteiger charge is -2.40. The second kappa shape index (κ2) is 8.29. The molecule has 4 N–H and O–H groups in total. The summed E-state index contributed by atoms with van der Waals surface area (Å²) >= 11 is 0. The molecule has 1 saturated heterocycles. The number of rotatable bonds is 5. The fourth-order valence-corrected chi connectivity index (χ4v) is 3.35. The number of hydrogen-bond acceptors (Lipinski definition) is 5. The molecule has 3 rings (SSSR count). The minimum Gasteiger partial charge on any atom is -0.394 e. The van der Waals surface area contributed by atoms with Crippen molar-refractivity contribution in [1.29, 1.82) is 0 Å². The Hall–Kier alpha value is -1.76. The molecule has 0 bridgehead atoms. The van der Waals surface area contributed by atoms with Crippen LogP contribution in [-0.4, -0.2) is 51.4 Å². The zero-order chi connectivity index (χ0) is 18.7. The van der Waals surface area contributed by atoms with Crippen LogP contribution in [-0.2, 0) is 17.6 Å². The van der Waals surface area contributed by atoms with Gasteiger partial charge in [-0.05, 0) is 36.5 Å². The van der Waals surface area contributed by atoms with Crippen molar-refractivity contribution in [3.63, 3.8) is 0 Å². The van der Waals surface area contributed by atoms with Crippen LogP contribution in [0.2, 0.25) is 0 Å². The maximum atomic E-state index is 10.3. The first-order valence-electron chi connectivity index (χ1n) is 8.94. The van der Waals surface area contributed by atoms with Crippen LogP contribution >= 0.6 is 0 Å². The largest absolute Gasteiger partial charge is 0.394 e. The third kappa shape index (κ3) is 4.14. The van der Waals surface area contributed by atoms with Crippen LogP contribution in [0.15, 0.2) is 48.5 Å². The van der Waals surface area contributed by atoms with E-state index >= 15 is 0 Å². The van der Waals surface area contributed by atoms with Gasteiger partial charge in [0.15, 0.2) is 0 Å². The molecule has 1 heterocycles. The lowest BCUT2D eigenvalue weighted by Crippen LogP contribution is -2.55. The van der Waals surface area contributed by atoms with E-state index in [4.69, 9.17) is 4.74 Å². The van der Waals surface area contributed by atoms with Gasteiger partial charge in [0.1, 0.15) is 30.5 Å². The highest BCUT2D eigenvalue weighted by molar-refractivity contribution is 5.29. The van der Waals surface area contributed by atoms with Crippen LogP contribution in [0.25, 0.3) is 0 Å². The van der Waals surface area contributed by atoms with Gasteiger partial charge >= 0.3 is 0 Å². The molecule has 0 amide bonds. The van der Waals surface area contributed by atoms with E-state index < -0.39 is 37.1 Å². The smallest absolute Gasteiger partial charge is 0.113 e. The second-order valence-electron chi connectivity index (χ2n) is 6.98. The number of aliphatic hydroxyl groups excluding tert-OH is 4. The Morgan fingerprint density at radius 3 is 2.23 bits per heavy atom. The predicted molar refractivity (Wildman–Crippen MR) is 97.7 cm³/mol. The molecule has 0 radical (unpaired) electrons. The number of hydrogen-bond donors (Lipinski definition) is 4. The topological polar surface area (TPSA) is 90.2 Å². The summed E-state index contributed by atoms with van der Waals surface area (Å²) in [5, 5.41) is 39.5. The molecule has 1 aliphatic rings. The predicted octanol–water partition coefficient (Wildman–Crippen LogP) is 1.30. The average Bonchev–Trinajstić information content (AvgIpc) is 2.66. The summed E-state index contributed by atoms with van der Waals surface area (Å²) in [5.74, 6) is 0. The summed E-state index contributed by atoms with van der Waals surface area (Å²) in [6.45, 7) is 1.64. The summed E-state index contributed by atoms with van der Waals surface area (Å²) in [6.07, 6.45) is -3.88. The molecule has 5 heteroatoms. The van der Waals surface area contributed by atoms with Gasteiger partial charge in [0.25, 0.3) is 0 Å². The van der Waals surface area contributed by atoms with Crippen LogP contribution in [0.1, 0.15) is 28.4 Å². The number of aliphatic hydroxyl groups is 4. The van der Waals surface area contributed by atoms with E-state index in [9.17, 15) is 20.4 Å². The highest BCUT2D eigenvalue weighted by Gasteiger charge is 2.43. The van der Waals surface area contributed by atoms with Crippen LogP contribution in [0.5, 0.6) is 0 Å². The zero-order valence-electron chi connectivity index (χ0n) is 14.8. The standard InChI is InChI=1S/C21H26O5/c1-13-5-7-14(8-6-13)9-10-15-3-2-4-16(11-15)21-20(25)19(24)18(23)17(12-22)26-21/h2-8,11,17-25H,9-10,12H2,1H3/t17-,18-,19+,20-,21+/m1/s1. The molecule has 1 fully saturated rings. The molecule has 2 aromatic rings. The van der Waals surface area contributed by atoms with Crippen LogP contribution < -0.4 is 0 Å². The first kappa shape index (κ1) is 19.0. The monoisotopic (exact) mass is 358 g/mol. The summed E-state index contributed by atoms with van der Waals surface area (Å²) in [4.78, 5) is 0. The lowest BCUT2D eigenvalue weighted by molar-refractivity contribution is -0.231. The highest BCUT2D eigenvalue weighted by Crippen LogP contribution is 2.32. The quantitative estimate of drug-likeness (QED) is 0.647. The summed E-state index contributed by atoms with van der Waals surface area (Å²) in [6, 6.07) is 16.1. The third-order valence-electron chi connectivity index (χ3n) is 4.99. The molecule has 2 aromatic carbocycles. The van der Waals surface area contributed by atoms with Gasteiger partial charge in [-0.1, -0.05) is 54.1 Å². The molecule has 26 heavy (non-hydrogen) atoms. The second-order valence-corrected chi connectivity index (χ2v) is 6.98. The Bertz CT molecular complexity index is 713. The average molecular weight is 358 g/mol. The summed E-state index contributed by atoms with van der Waals surface area (Å²) < 4.78 is 5.64. The molecule has 0 aromatic heterocycles. The number of ether oxygens (including phenoxy) is 1. The highest BCUT2D eigenvalue weighted by atomic mass is 16.5. The lowest BCUT2D eigenvalue weighted by atomic mass is 9.90. The molecular weight excluding hydrogens is 332 g/mol. The normalized spacial score (nSPS) is 28.9. The van der Waals surface area contributed by atoms with Crippen molar-refractivity contribution in [3.8, 4) is 0 Å². The molecule has 1 aliphatic heterocycles. The van der Waals surface area contributed by atoms with E-state index in [1.165, 1.54) is 11.1 Å². The SMILES string of the molecule is Cc1ccc(CCc2cccc([C@@H]3O[C@H](CO)[C@@H](O)[C@H](O)[C@H]3O)c2)cc1. The fourth-order valence-electron chi connectivity index (χ4n) is 3.35. The molecule has 0 unspecified atom stereocenters. The number of aryl methyl sites for hydroxylation is 3. The van der Waals surface area contributed by atoms with E-state index in [1.807, 2.05) is 24.3 Å². The van der Waals surface area contributed by atoms with Crippen LogP contribution in [0.3, 0.4) is 0 Å². The van der Waals surface area contributed by atoms with Gasteiger partial charge in [-0.3, -0.25) is 0 Å². The Morgan fingerprint density at radius 2 is 1.54 bits per heavy atom. The van der Waals surface area contributed by atoms with Gasteiger partial charge in [0.2, 0.25) is 0 Å². The molecule has 0 spiro atoms. The van der Waals surface area contributed by atoms with Crippen molar-refractivity contribution in [1.82, 2.24) is 0 Å². The van der Waals surface area contributed by atoms with Gasteiger partial charge in [-0.2, -0.15) is 0 Å². The van der Waals surface area contributed by atoms with Gasteiger partial charge in [0.05, 0.1) is 6.61 Å². The van der Waals surface area contributed by atoms with Gasteiger partial charge in [-0.25, -0.2) is 0 Å². The molecule has 0 aliphatic carbocycles. The van der Waals surface area contributed by atoms with E-state index in [0.717, 1.165) is 24.0 Å². The van der Waals surface area contributed by atoms with Crippen molar-refractivity contribution < 1.29 is 25.2 Å². The first-order chi connectivity index (χ1) is 12.5. The minimum absolute atomic E-state index is 0.422. The molecule has 5 atom stereocenters. The summed E-state index contributed by atoms with van der Waals surface area (Å²) in [5.41, 5.74) is 4.32. The van der Waals surface area contributed by atoms with Crippen molar-refractivity contribution in [2.75, 3.05) is 6.61 Å². The number of benzene rings is 2. The zero-order valence-corrected chi connectivity index (χ0v) is 14.8. The van der Waals surface area contributed by atoms with Crippen molar-refractivity contribution in [2.45, 2.75) is 50.3 Å². The maximum Gasteiger partial charge on any atom is 0.113 e. The Kier molecular flexibility index (Phi) is 6.06. The summed E-state index contributed by atoms with van der Waals surface area (Å²) in [7, 11) is 0. The Labute approximate surface area is 153 Å². The third-order valence-corrected chi connectivity index (χ3v) is 4.99. The molecule has 140 valence electrons. The van der Waals surface area contributed by atoms with Crippen molar-refractivity contribution in [2.24, 2.45) is 0 Å². The van der Waals surface area contributed by atoms with E-state index in [0.29, 0.717) is 0 Å². The minimum atomic E-state index is -1.36. The van der Waals surface area contributed by atoms with Crippen molar-refractivity contribution in [3.05, 3.63) is 70.8 Å². The maximum absolute atomic E-state index is 10.3. The van der Waals surface area contributed by atoms with E-state index in [2.05, 4.69) is 31.2 Å². The van der Waals surface area contributed by atoms with Crippen LogP contribution in [0, 0.1) is 6.92 Å². The van der Waals surface area contributed by atoms with Crippen LogP contribution in [0.4, 0.5) is 0 Å². The Balaban J connectivity index is 1.72. The molecule has 5 nitrogen and oxygen atoms in total. The van der Waals surface area contributed by atoms with Gasteiger partial charge in [-0.15, -0.1) is 0 Å². The van der Waals surface area contributed by atoms with E-state index in [-0.39, 0.29) is 0 Å². The van der Waals surface area contributed by atoms with Crippen molar-refractivity contribution >= 4 is 0 Å². The molecule has 0 saturated carbocycles. The van der Waals surface area contributed by atoms with Gasteiger partial charge in [0, 0.05) is 0 Å². The van der Waals surface area contributed by atoms with E-state index in [1.54, 1.807) is 0 Å². The Morgan fingerprint density at radius 1 is 0.846 bits per heavy atom. The van der Waals surface area contributed by atoms with Gasteiger partial charge < -0.3 is 25.2 Å². The molecular formula is C21H26O5. The first-order valence-corrected chi connectivity index (χ1v) is 8.94.